The number of aromatic nitrogens is 1. The summed E-state index contributed by atoms with van der Waals surface area (Å²) < 4.78 is 0. The summed E-state index contributed by atoms with van der Waals surface area (Å²) >= 11 is 0. The third-order valence-corrected chi connectivity index (χ3v) is 7.41. The molecular formula is C28H40N6O3. The monoisotopic (exact) mass is 508 g/mol. The molecular weight excluding hydrogens is 468 g/mol. The number of carbonyl (C=O) groups is 1. The molecule has 1 aromatic carbocycles. The number of hydrogen-bond acceptors (Lipinski definition) is 8. The zero-order chi connectivity index (χ0) is 26.8. The van der Waals surface area contributed by atoms with Gasteiger partial charge in [0.15, 0.2) is 11.6 Å². The third kappa shape index (κ3) is 7.12. The molecule has 2 fully saturated rings. The summed E-state index contributed by atoms with van der Waals surface area (Å²) in [5.74, 6) is 1.11. The maximum Gasteiger partial charge on any atom is 0.252 e. The van der Waals surface area contributed by atoms with Gasteiger partial charge >= 0.3 is 0 Å². The molecule has 3 heterocycles. The Morgan fingerprint density at radius 1 is 1.22 bits per heavy atom. The Bertz CT molecular complexity index is 1060. The number of nitriles is 1. The van der Waals surface area contributed by atoms with Crippen molar-refractivity contribution in [2.75, 3.05) is 44.2 Å². The van der Waals surface area contributed by atoms with Gasteiger partial charge in [0.1, 0.15) is 5.75 Å². The lowest BCUT2D eigenvalue weighted by atomic mass is 9.74. The van der Waals surface area contributed by atoms with Crippen LogP contribution in [0.5, 0.6) is 11.5 Å². The molecule has 2 aromatic rings. The van der Waals surface area contributed by atoms with Gasteiger partial charge in [0.05, 0.1) is 11.6 Å². The van der Waals surface area contributed by atoms with E-state index in [1.807, 2.05) is 19.1 Å². The highest BCUT2D eigenvalue weighted by Crippen LogP contribution is 2.37. The van der Waals surface area contributed by atoms with Crippen LogP contribution in [0.4, 0.5) is 5.82 Å². The van der Waals surface area contributed by atoms with Crippen LogP contribution >= 0.6 is 0 Å². The van der Waals surface area contributed by atoms with E-state index in [1.165, 1.54) is 18.6 Å². The molecule has 0 aliphatic carbocycles. The first kappa shape index (κ1) is 28.2. The van der Waals surface area contributed by atoms with E-state index in [0.29, 0.717) is 29.6 Å². The van der Waals surface area contributed by atoms with Crippen LogP contribution in [-0.4, -0.2) is 70.8 Å². The number of pyridine rings is 1. The largest absolute Gasteiger partial charge is 0.508 e. The molecule has 2 aliphatic heterocycles. The van der Waals surface area contributed by atoms with Crippen molar-refractivity contribution >= 4 is 11.7 Å². The minimum atomic E-state index is -0.223. The van der Waals surface area contributed by atoms with Gasteiger partial charge in [-0.3, -0.25) is 9.69 Å². The van der Waals surface area contributed by atoms with Gasteiger partial charge in [-0.2, -0.15) is 5.26 Å². The van der Waals surface area contributed by atoms with E-state index in [0.717, 1.165) is 58.5 Å². The molecule has 4 rings (SSSR count). The summed E-state index contributed by atoms with van der Waals surface area (Å²) in [6.07, 6.45) is 4.75. The molecule has 2 aliphatic rings. The minimum Gasteiger partial charge on any atom is -0.508 e. The topological polar surface area (TPSA) is 125 Å². The molecule has 9 heteroatoms. The molecule has 9 nitrogen and oxygen atoms in total. The van der Waals surface area contributed by atoms with Gasteiger partial charge in [-0.15, -0.1) is 0 Å². The fourth-order valence-corrected chi connectivity index (χ4v) is 5.46. The van der Waals surface area contributed by atoms with Gasteiger partial charge in [-0.05, 0) is 55.9 Å². The van der Waals surface area contributed by atoms with Crippen LogP contribution in [0.1, 0.15) is 56.0 Å². The van der Waals surface area contributed by atoms with E-state index in [9.17, 15) is 15.0 Å². The average Bonchev–Trinajstić information content (AvgIpc) is 3.06. The lowest BCUT2D eigenvalue weighted by molar-refractivity contribution is 0.0897. The predicted octanol–water partition coefficient (Wildman–Crippen LogP) is 3.24. The zero-order valence-corrected chi connectivity index (χ0v) is 22.2. The molecule has 1 atom stereocenters. The second-order valence-electron chi connectivity index (χ2n) is 9.73. The number of aromatic hydroxyl groups is 2. The SMILES string of the molecule is CC#N.CCNC(=O)c1cnc(N2CCNC3(CCN(Cc4ccc(O)cc4)CC3)C(CC)C2)c(O)c1. The summed E-state index contributed by atoms with van der Waals surface area (Å²) in [6, 6.07) is 10.8. The maximum absolute atomic E-state index is 12.1. The third-order valence-electron chi connectivity index (χ3n) is 7.41. The molecule has 4 N–H and O–H groups in total. The van der Waals surface area contributed by atoms with Gasteiger partial charge in [0.2, 0.25) is 0 Å². The first-order chi connectivity index (χ1) is 17.9. The summed E-state index contributed by atoms with van der Waals surface area (Å²) in [7, 11) is 0. The van der Waals surface area contributed by atoms with Crippen molar-refractivity contribution in [2.45, 2.75) is 52.1 Å². The van der Waals surface area contributed by atoms with Crippen molar-refractivity contribution in [1.29, 1.82) is 5.26 Å². The fraction of sp³-hybridized carbons (Fsp3) is 0.536. The number of amides is 1. The van der Waals surface area contributed by atoms with Crippen molar-refractivity contribution in [2.24, 2.45) is 5.92 Å². The molecule has 1 unspecified atom stereocenters. The lowest BCUT2D eigenvalue weighted by Gasteiger charge is -2.46. The molecule has 2 saturated heterocycles. The second kappa shape index (κ2) is 13.3. The first-order valence-electron chi connectivity index (χ1n) is 13.1. The Kier molecular flexibility index (Phi) is 10.1. The van der Waals surface area contributed by atoms with Gasteiger partial charge in [0, 0.05) is 64.5 Å². The fourth-order valence-electron chi connectivity index (χ4n) is 5.46. The van der Waals surface area contributed by atoms with E-state index in [1.54, 1.807) is 24.4 Å². The quantitative estimate of drug-likeness (QED) is 0.469. The Balaban J connectivity index is 0.00000121. The van der Waals surface area contributed by atoms with E-state index >= 15 is 0 Å². The Morgan fingerprint density at radius 3 is 2.49 bits per heavy atom. The van der Waals surface area contributed by atoms with E-state index in [-0.39, 0.29) is 17.2 Å². The minimum absolute atomic E-state index is 0.0540. The van der Waals surface area contributed by atoms with Crippen LogP contribution < -0.4 is 15.5 Å². The molecule has 37 heavy (non-hydrogen) atoms. The van der Waals surface area contributed by atoms with Crippen molar-refractivity contribution < 1.29 is 15.0 Å². The second-order valence-corrected chi connectivity index (χ2v) is 9.73. The highest BCUT2D eigenvalue weighted by atomic mass is 16.3. The lowest BCUT2D eigenvalue weighted by Crippen LogP contribution is -2.57. The first-order valence-corrected chi connectivity index (χ1v) is 13.1. The molecule has 1 amide bonds. The number of phenols is 1. The molecule has 0 radical (unpaired) electrons. The van der Waals surface area contributed by atoms with Crippen LogP contribution in [-0.2, 0) is 6.54 Å². The average molecular weight is 509 g/mol. The number of likely N-dealkylation sites (tertiary alicyclic amines) is 1. The van der Waals surface area contributed by atoms with Crippen LogP contribution in [0, 0.1) is 17.2 Å². The van der Waals surface area contributed by atoms with Crippen LogP contribution in [0.2, 0.25) is 0 Å². The summed E-state index contributed by atoms with van der Waals surface area (Å²) in [4.78, 5) is 21.2. The number of nitrogens with one attached hydrogen (secondary N) is 2. The Hall–Kier alpha value is -3.35. The molecule has 0 saturated carbocycles. The maximum atomic E-state index is 12.1. The summed E-state index contributed by atoms with van der Waals surface area (Å²) in [5, 5.41) is 34.2. The summed E-state index contributed by atoms with van der Waals surface area (Å²) in [5.41, 5.74) is 1.67. The van der Waals surface area contributed by atoms with Crippen molar-refractivity contribution in [1.82, 2.24) is 20.5 Å². The van der Waals surface area contributed by atoms with Crippen molar-refractivity contribution in [3.63, 3.8) is 0 Å². The van der Waals surface area contributed by atoms with Crippen LogP contribution in [0.25, 0.3) is 0 Å². The molecule has 200 valence electrons. The van der Waals surface area contributed by atoms with E-state index in [2.05, 4.69) is 32.3 Å². The number of rotatable bonds is 6. The van der Waals surface area contributed by atoms with Crippen molar-refractivity contribution in [3.05, 3.63) is 47.7 Å². The van der Waals surface area contributed by atoms with Crippen LogP contribution in [0.3, 0.4) is 0 Å². The van der Waals surface area contributed by atoms with Crippen molar-refractivity contribution in [3.8, 4) is 17.6 Å². The van der Waals surface area contributed by atoms with E-state index < -0.39 is 0 Å². The highest BCUT2D eigenvalue weighted by molar-refractivity contribution is 5.94. The molecule has 1 spiro atoms. The number of carbonyl (C=O) groups excluding carboxylic acids is 1. The smallest absolute Gasteiger partial charge is 0.252 e. The predicted molar refractivity (Wildman–Crippen MR) is 145 cm³/mol. The molecule has 0 bridgehead atoms. The summed E-state index contributed by atoms with van der Waals surface area (Å²) in [6.45, 7) is 11.4. The van der Waals surface area contributed by atoms with Gasteiger partial charge in [-0.1, -0.05) is 19.1 Å². The van der Waals surface area contributed by atoms with Crippen LogP contribution in [0.15, 0.2) is 36.5 Å². The standard InChI is InChI=1S/C26H37N5O3.C2H3N/c1-3-21-18-31(24-23(33)15-20(16-28-24)25(34)27-4-2)14-11-29-26(21)9-12-30(13-10-26)17-19-5-7-22(32)8-6-19;1-2-3/h5-8,15-16,21,29,32-33H,3-4,9-14,17-18H2,1-2H3,(H,27,34);1H3. The number of nitrogens with zero attached hydrogens (tertiary/aromatic N) is 4. The zero-order valence-electron chi connectivity index (χ0n) is 22.2. The van der Waals surface area contributed by atoms with Gasteiger partial charge < -0.3 is 25.7 Å². The molecule has 1 aromatic heterocycles. The van der Waals surface area contributed by atoms with Gasteiger partial charge in [-0.25, -0.2) is 4.98 Å². The number of phenolic OH excluding ortho intramolecular Hbond substituents is 1. The number of benzene rings is 1. The normalized spacial score (nSPS) is 19.3. The Morgan fingerprint density at radius 2 is 1.89 bits per heavy atom. The number of hydrogen-bond donors (Lipinski definition) is 4. The van der Waals surface area contributed by atoms with Gasteiger partial charge in [0.25, 0.3) is 5.91 Å². The highest BCUT2D eigenvalue weighted by Gasteiger charge is 2.42. The van der Waals surface area contributed by atoms with E-state index in [4.69, 9.17) is 5.26 Å². The number of anilines is 1. The Labute approximate surface area is 220 Å². The number of piperidine rings is 1.